The van der Waals surface area contributed by atoms with E-state index in [9.17, 15) is 14.7 Å². The lowest BCUT2D eigenvalue weighted by Gasteiger charge is -2.15. The zero-order chi connectivity index (χ0) is 14.2. The lowest BCUT2D eigenvalue weighted by molar-refractivity contribution is 0.0684. The smallest absolute Gasteiger partial charge is 0.352 e. The van der Waals surface area contributed by atoms with Gasteiger partial charge in [0.15, 0.2) is 5.43 Å². The third-order valence-corrected chi connectivity index (χ3v) is 3.22. The van der Waals surface area contributed by atoms with Crippen LogP contribution in [0.3, 0.4) is 0 Å². The van der Waals surface area contributed by atoms with E-state index >= 15 is 0 Å². The molecule has 1 heterocycles. The highest BCUT2D eigenvalue weighted by atomic mass is 16.5. The molecule has 0 aliphatic rings. The number of carbonyl (C=O) groups is 1. The second-order valence-electron chi connectivity index (χ2n) is 4.24. The zero-order valence-electron chi connectivity index (χ0n) is 11.1. The molecule has 0 saturated carbocycles. The van der Waals surface area contributed by atoms with Crippen molar-refractivity contribution < 1.29 is 14.6 Å². The van der Waals surface area contributed by atoms with Crippen molar-refractivity contribution in [2.75, 3.05) is 7.11 Å². The lowest BCUT2D eigenvalue weighted by Crippen LogP contribution is -2.21. The molecule has 0 fully saturated rings. The largest absolute Gasteiger partial charge is 0.497 e. The average molecular weight is 261 g/mol. The zero-order valence-corrected chi connectivity index (χ0v) is 11.1. The monoisotopic (exact) mass is 261 g/mol. The van der Waals surface area contributed by atoms with Crippen molar-refractivity contribution in [1.29, 1.82) is 0 Å². The van der Waals surface area contributed by atoms with Crippen LogP contribution in [0, 0.1) is 6.92 Å². The molecule has 100 valence electrons. The number of hydrogen-bond acceptors (Lipinski definition) is 3. The molecular formula is C14H15NO4. The molecule has 1 N–H and O–H groups in total. The van der Waals surface area contributed by atoms with Crippen LogP contribution in [0.4, 0.5) is 0 Å². The van der Waals surface area contributed by atoms with Gasteiger partial charge in [0.25, 0.3) is 0 Å². The standard InChI is InChI=1S/C14H15NO4/c1-4-15-11-6-5-9(19-3)7-10(11)13(16)8(2)12(15)14(17)18/h5-7H,4H2,1-3H3,(H,17,18). The number of aromatic carboxylic acids is 1. The topological polar surface area (TPSA) is 68.5 Å². The van der Waals surface area contributed by atoms with E-state index in [2.05, 4.69) is 0 Å². The van der Waals surface area contributed by atoms with Gasteiger partial charge in [0.2, 0.25) is 0 Å². The average Bonchev–Trinajstić information content (AvgIpc) is 2.41. The molecule has 0 radical (unpaired) electrons. The van der Waals surface area contributed by atoms with Crippen LogP contribution in [0.2, 0.25) is 0 Å². The van der Waals surface area contributed by atoms with E-state index in [-0.39, 0.29) is 16.7 Å². The molecule has 2 aromatic rings. The summed E-state index contributed by atoms with van der Waals surface area (Å²) in [4.78, 5) is 23.6. The van der Waals surface area contributed by atoms with E-state index < -0.39 is 5.97 Å². The number of methoxy groups -OCH3 is 1. The van der Waals surface area contributed by atoms with Crippen LogP contribution in [-0.2, 0) is 6.54 Å². The summed E-state index contributed by atoms with van der Waals surface area (Å²) >= 11 is 0. The normalized spacial score (nSPS) is 10.7. The summed E-state index contributed by atoms with van der Waals surface area (Å²) in [6.07, 6.45) is 0. The van der Waals surface area contributed by atoms with Crippen LogP contribution in [0.15, 0.2) is 23.0 Å². The number of hydrogen-bond donors (Lipinski definition) is 1. The Bertz CT molecular complexity index is 715. The first-order chi connectivity index (χ1) is 9.01. The number of benzene rings is 1. The van der Waals surface area contributed by atoms with Gasteiger partial charge in [-0.05, 0) is 32.0 Å². The molecule has 2 rings (SSSR count). The Morgan fingerprint density at radius 3 is 2.63 bits per heavy atom. The quantitative estimate of drug-likeness (QED) is 0.918. The molecule has 1 aromatic heterocycles. The fourth-order valence-corrected chi connectivity index (χ4v) is 2.30. The Labute approximate surface area is 110 Å². The highest BCUT2D eigenvalue weighted by Crippen LogP contribution is 2.21. The second kappa shape index (κ2) is 4.76. The van der Waals surface area contributed by atoms with Crippen molar-refractivity contribution >= 4 is 16.9 Å². The van der Waals surface area contributed by atoms with Crippen molar-refractivity contribution in [1.82, 2.24) is 4.57 Å². The summed E-state index contributed by atoms with van der Waals surface area (Å²) in [6, 6.07) is 5.07. The highest BCUT2D eigenvalue weighted by molar-refractivity contribution is 5.92. The van der Waals surface area contributed by atoms with E-state index in [1.807, 2.05) is 6.92 Å². The molecule has 0 bridgehead atoms. The molecule has 5 heteroatoms. The summed E-state index contributed by atoms with van der Waals surface area (Å²) in [5.74, 6) is -0.510. The molecule has 0 saturated heterocycles. The number of rotatable bonds is 3. The van der Waals surface area contributed by atoms with Gasteiger partial charge in [-0.15, -0.1) is 0 Å². The third kappa shape index (κ3) is 1.97. The van der Waals surface area contributed by atoms with E-state index in [0.29, 0.717) is 23.2 Å². The first-order valence-corrected chi connectivity index (χ1v) is 5.95. The minimum atomic E-state index is -1.09. The lowest BCUT2D eigenvalue weighted by atomic mass is 10.1. The van der Waals surface area contributed by atoms with Gasteiger partial charge in [-0.2, -0.15) is 0 Å². The van der Waals surface area contributed by atoms with Crippen molar-refractivity contribution in [2.24, 2.45) is 0 Å². The van der Waals surface area contributed by atoms with Crippen LogP contribution in [0.1, 0.15) is 23.0 Å². The maximum atomic E-state index is 12.3. The molecule has 1 aromatic carbocycles. The molecule has 0 spiro atoms. The SMILES string of the molecule is CCn1c(C(=O)O)c(C)c(=O)c2cc(OC)ccc21. The van der Waals surface area contributed by atoms with Gasteiger partial charge in [0.05, 0.1) is 12.6 Å². The van der Waals surface area contributed by atoms with Gasteiger partial charge in [0, 0.05) is 17.5 Å². The fraction of sp³-hybridized carbons (Fsp3) is 0.286. The van der Waals surface area contributed by atoms with Gasteiger partial charge in [-0.3, -0.25) is 4.79 Å². The summed E-state index contributed by atoms with van der Waals surface area (Å²) in [5, 5.41) is 9.75. The first-order valence-electron chi connectivity index (χ1n) is 5.95. The number of ether oxygens (including phenoxy) is 1. The molecule has 19 heavy (non-hydrogen) atoms. The number of carboxylic acids is 1. The van der Waals surface area contributed by atoms with Crippen molar-refractivity contribution in [2.45, 2.75) is 20.4 Å². The maximum Gasteiger partial charge on any atom is 0.352 e. The molecule has 5 nitrogen and oxygen atoms in total. The highest BCUT2D eigenvalue weighted by Gasteiger charge is 2.18. The van der Waals surface area contributed by atoms with Crippen LogP contribution < -0.4 is 10.2 Å². The van der Waals surface area contributed by atoms with Gasteiger partial charge in [0.1, 0.15) is 11.4 Å². The Morgan fingerprint density at radius 1 is 1.42 bits per heavy atom. The van der Waals surface area contributed by atoms with Gasteiger partial charge in [-0.1, -0.05) is 0 Å². The minimum Gasteiger partial charge on any atom is -0.497 e. The van der Waals surface area contributed by atoms with Gasteiger partial charge in [-0.25, -0.2) is 4.79 Å². The van der Waals surface area contributed by atoms with E-state index in [0.717, 1.165) is 0 Å². The third-order valence-electron chi connectivity index (χ3n) is 3.22. The summed E-state index contributed by atoms with van der Waals surface area (Å²) in [7, 11) is 1.53. The summed E-state index contributed by atoms with van der Waals surface area (Å²) < 4.78 is 6.74. The molecule has 0 aliphatic heterocycles. The molecule has 0 aliphatic carbocycles. The Balaban J connectivity index is 2.99. The Hall–Kier alpha value is -2.30. The molecule has 0 unspecified atom stereocenters. The molecular weight excluding hydrogens is 246 g/mol. The predicted molar refractivity (Wildman–Crippen MR) is 72.1 cm³/mol. The van der Waals surface area contributed by atoms with Crippen molar-refractivity contribution in [3.05, 3.63) is 39.7 Å². The van der Waals surface area contributed by atoms with Gasteiger partial charge >= 0.3 is 5.97 Å². The Kier molecular flexibility index (Phi) is 3.29. The molecule has 0 atom stereocenters. The van der Waals surface area contributed by atoms with Crippen molar-refractivity contribution in [3.8, 4) is 5.75 Å². The Morgan fingerprint density at radius 2 is 2.11 bits per heavy atom. The molecule has 0 amide bonds. The maximum absolute atomic E-state index is 12.3. The number of carboxylic acid groups (broad SMARTS) is 1. The van der Waals surface area contributed by atoms with Crippen LogP contribution in [0.5, 0.6) is 5.75 Å². The summed E-state index contributed by atoms with van der Waals surface area (Å²) in [5.41, 5.74) is 0.632. The van der Waals surface area contributed by atoms with E-state index in [1.54, 1.807) is 22.8 Å². The number of pyridine rings is 1. The minimum absolute atomic E-state index is 0.0465. The number of aromatic nitrogens is 1. The summed E-state index contributed by atoms with van der Waals surface area (Å²) in [6.45, 7) is 3.86. The number of fused-ring (bicyclic) bond motifs is 1. The number of aryl methyl sites for hydroxylation is 1. The first kappa shape index (κ1) is 13.1. The van der Waals surface area contributed by atoms with Crippen molar-refractivity contribution in [3.63, 3.8) is 0 Å². The van der Waals surface area contributed by atoms with E-state index in [1.165, 1.54) is 14.0 Å². The van der Waals surface area contributed by atoms with E-state index in [4.69, 9.17) is 4.74 Å². The van der Waals surface area contributed by atoms with Gasteiger partial charge < -0.3 is 14.4 Å². The van der Waals surface area contributed by atoms with Crippen LogP contribution in [0.25, 0.3) is 10.9 Å². The predicted octanol–water partition coefficient (Wildman–Crippen LogP) is 2.04. The van der Waals surface area contributed by atoms with Crippen LogP contribution in [-0.4, -0.2) is 22.8 Å². The van der Waals surface area contributed by atoms with Crippen LogP contribution >= 0.6 is 0 Å². The second-order valence-corrected chi connectivity index (χ2v) is 4.24. The fourth-order valence-electron chi connectivity index (χ4n) is 2.30. The number of nitrogens with zero attached hydrogens (tertiary/aromatic N) is 1.